The third-order valence-corrected chi connectivity index (χ3v) is 3.27. The number of rotatable bonds is 4. The van der Waals surface area contributed by atoms with Gasteiger partial charge in [0.15, 0.2) is 0 Å². The molecule has 1 rings (SSSR count). The van der Waals surface area contributed by atoms with E-state index in [4.69, 9.17) is 0 Å². The Balaban J connectivity index is 2.37. The molecule has 0 bridgehead atoms. The molecule has 0 saturated heterocycles. The predicted molar refractivity (Wildman–Crippen MR) is 58.5 cm³/mol. The molecule has 0 saturated carbocycles. The summed E-state index contributed by atoms with van der Waals surface area (Å²) in [5.41, 5.74) is 0. The van der Waals surface area contributed by atoms with Crippen LogP contribution in [0, 0.1) is 0 Å². The van der Waals surface area contributed by atoms with Gasteiger partial charge in [-0.1, -0.05) is 6.08 Å². The van der Waals surface area contributed by atoms with Crippen molar-refractivity contribution in [2.45, 2.75) is 19.5 Å². The van der Waals surface area contributed by atoms with Gasteiger partial charge in [-0.15, -0.1) is 17.9 Å². The fourth-order valence-corrected chi connectivity index (χ4v) is 2.19. The van der Waals surface area contributed by atoms with Crippen molar-refractivity contribution in [3.8, 4) is 0 Å². The van der Waals surface area contributed by atoms with Crippen LogP contribution in [0.3, 0.4) is 0 Å². The van der Waals surface area contributed by atoms with Crippen LogP contribution in [-0.2, 0) is 6.54 Å². The predicted octanol–water partition coefficient (Wildman–Crippen LogP) is 3.17. The second-order valence-electron chi connectivity index (χ2n) is 2.64. The van der Waals surface area contributed by atoms with Crippen molar-refractivity contribution >= 4 is 27.3 Å². The van der Waals surface area contributed by atoms with E-state index in [1.165, 1.54) is 4.88 Å². The lowest BCUT2D eigenvalue weighted by Gasteiger charge is -2.06. The van der Waals surface area contributed by atoms with Gasteiger partial charge in [-0.25, -0.2) is 0 Å². The summed E-state index contributed by atoms with van der Waals surface area (Å²) < 4.78 is 1.16. The monoisotopic (exact) mass is 245 g/mol. The molecule has 1 nitrogen and oxygen atoms in total. The van der Waals surface area contributed by atoms with Gasteiger partial charge in [0.25, 0.3) is 0 Å². The first-order chi connectivity index (χ1) is 5.72. The minimum absolute atomic E-state index is 0.380. The molecule has 0 aliphatic carbocycles. The number of hydrogen-bond acceptors (Lipinski definition) is 2. The van der Waals surface area contributed by atoms with E-state index in [1.807, 2.05) is 6.08 Å². The molecule has 0 radical (unpaired) electrons. The molecule has 1 aromatic rings. The first-order valence-corrected chi connectivity index (χ1v) is 5.48. The lowest BCUT2D eigenvalue weighted by atomic mass is 10.3. The van der Waals surface area contributed by atoms with Crippen molar-refractivity contribution in [1.82, 2.24) is 5.32 Å². The lowest BCUT2D eigenvalue weighted by Crippen LogP contribution is -2.22. The Bertz CT molecular complexity index is 257. The molecule has 0 aliphatic heterocycles. The SMILES string of the molecule is C=CC(C)NCc1cc(Br)cs1. The third kappa shape index (κ3) is 3.09. The first-order valence-electron chi connectivity index (χ1n) is 3.81. The molecule has 1 atom stereocenters. The zero-order valence-corrected chi connectivity index (χ0v) is 9.41. The molecule has 1 N–H and O–H groups in total. The van der Waals surface area contributed by atoms with Crippen LogP contribution in [0.15, 0.2) is 28.6 Å². The molecule has 0 aromatic carbocycles. The van der Waals surface area contributed by atoms with Gasteiger partial charge in [0.1, 0.15) is 0 Å². The smallest absolute Gasteiger partial charge is 0.0305 e. The summed E-state index contributed by atoms with van der Waals surface area (Å²) in [6.45, 7) is 6.72. The van der Waals surface area contributed by atoms with Gasteiger partial charge in [-0.2, -0.15) is 0 Å². The van der Waals surface area contributed by atoms with Crippen molar-refractivity contribution in [2.24, 2.45) is 0 Å². The largest absolute Gasteiger partial charge is 0.306 e. The van der Waals surface area contributed by atoms with Crippen LogP contribution in [0.25, 0.3) is 0 Å². The highest BCUT2D eigenvalue weighted by atomic mass is 79.9. The summed E-state index contributed by atoms with van der Waals surface area (Å²) in [7, 11) is 0. The Hall–Kier alpha value is -0.120. The van der Waals surface area contributed by atoms with E-state index in [1.54, 1.807) is 11.3 Å². The molecule has 3 heteroatoms. The van der Waals surface area contributed by atoms with E-state index < -0.39 is 0 Å². The molecule has 1 heterocycles. The van der Waals surface area contributed by atoms with Gasteiger partial charge >= 0.3 is 0 Å². The van der Waals surface area contributed by atoms with Crippen molar-refractivity contribution in [3.63, 3.8) is 0 Å². The van der Waals surface area contributed by atoms with Crippen LogP contribution in [-0.4, -0.2) is 6.04 Å². The summed E-state index contributed by atoms with van der Waals surface area (Å²) in [5, 5.41) is 5.43. The molecule has 12 heavy (non-hydrogen) atoms. The molecule has 0 fully saturated rings. The lowest BCUT2D eigenvalue weighted by molar-refractivity contribution is 0.640. The van der Waals surface area contributed by atoms with Crippen molar-refractivity contribution in [2.75, 3.05) is 0 Å². The van der Waals surface area contributed by atoms with Crippen LogP contribution in [0.2, 0.25) is 0 Å². The van der Waals surface area contributed by atoms with Crippen LogP contribution in [0.5, 0.6) is 0 Å². The number of thiophene rings is 1. The minimum atomic E-state index is 0.380. The van der Waals surface area contributed by atoms with Crippen LogP contribution < -0.4 is 5.32 Å². The number of nitrogens with one attached hydrogen (secondary N) is 1. The summed E-state index contributed by atoms with van der Waals surface area (Å²) >= 11 is 5.18. The van der Waals surface area contributed by atoms with E-state index in [2.05, 4.69) is 46.2 Å². The van der Waals surface area contributed by atoms with Crippen molar-refractivity contribution in [3.05, 3.63) is 33.5 Å². The topological polar surface area (TPSA) is 12.0 Å². The fraction of sp³-hybridized carbons (Fsp3) is 0.333. The van der Waals surface area contributed by atoms with Crippen LogP contribution in [0.1, 0.15) is 11.8 Å². The average Bonchev–Trinajstić information content (AvgIpc) is 2.47. The second kappa shape index (κ2) is 4.80. The molecular formula is C9H12BrNS. The maximum atomic E-state index is 3.71. The highest BCUT2D eigenvalue weighted by Crippen LogP contribution is 2.19. The molecule has 0 amide bonds. The van der Waals surface area contributed by atoms with Gasteiger partial charge in [-0.05, 0) is 28.9 Å². The van der Waals surface area contributed by atoms with E-state index in [0.717, 1.165) is 11.0 Å². The maximum absolute atomic E-state index is 3.71. The summed E-state index contributed by atoms with van der Waals surface area (Å²) in [5.74, 6) is 0. The Kier molecular flexibility index (Phi) is 3.98. The second-order valence-corrected chi connectivity index (χ2v) is 4.55. The van der Waals surface area contributed by atoms with Crippen molar-refractivity contribution in [1.29, 1.82) is 0 Å². The van der Waals surface area contributed by atoms with Gasteiger partial charge in [0, 0.05) is 27.3 Å². The van der Waals surface area contributed by atoms with E-state index >= 15 is 0 Å². The van der Waals surface area contributed by atoms with Crippen molar-refractivity contribution < 1.29 is 0 Å². The van der Waals surface area contributed by atoms with Gasteiger partial charge < -0.3 is 5.32 Å². The van der Waals surface area contributed by atoms with Gasteiger partial charge in [-0.3, -0.25) is 0 Å². The highest BCUT2D eigenvalue weighted by molar-refractivity contribution is 9.10. The molecule has 0 aliphatic rings. The zero-order valence-electron chi connectivity index (χ0n) is 7.01. The average molecular weight is 246 g/mol. The van der Waals surface area contributed by atoms with E-state index in [0.29, 0.717) is 6.04 Å². The Morgan fingerprint density at radius 2 is 2.58 bits per heavy atom. The number of halogens is 1. The van der Waals surface area contributed by atoms with Crippen LogP contribution >= 0.6 is 27.3 Å². The maximum Gasteiger partial charge on any atom is 0.0305 e. The standard InChI is InChI=1S/C9H12BrNS/c1-3-7(2)11-5-9-4-8(10)6-12-9/h3-4,6-7,11H,1,5H2,2H3. The quantitative estimate of drug-likeness (QED) is 0.804. The molecule has 66 valence electrons. The number of hydrogen-bond donors (Lipinski definition) is 1. The molecule has 0 spiro atoms. The van der Waals surface area contributed by atoms with E-state index in [-0.39, 0.29) is 0 Å². The Labute approximate surface area is 85.6 Å². The summed E-state index contributed by atoms with van der Waals surface area (Å²) in [6.07, 6.45) is 1.91. The molecule has 1 unspecified atom stereocenters. The van der Waals surface area contributed by atoms with Gasteiger partial charge in [0.05, 0.1) is 0 Å². The zero-order chi connectivity index (χ0) is 8.97. The third-order valence-electron chi connectivity index (χ3n) is 1.57. The summed E-state index contributed by atoms with van der Waals surface area (Å²) in [6, 6.07) is 2.51. The fourth-order valence-electron chi connectivity index (χ4n) is 0.791. The molecular weight excluding hydrogens is 234 g/mol. The summed E-state index contributed by atoms with van der Waals surface area (Å²) in [4.78, 5) is 1.34. The first kappa shape index (κ1) is 9.96. The van der Waals surface area contributed by atoms with Gasteiger partial charge in [0.2, 0.25) is 0 Å². The Morgan fingerprint density at radius 3 is 3.08 bits per heavy atom. The van der Waals surface area contributed by atoms with Crippen LogP contribution in [0.4, 0.5) is 0 Å². The molecule has 1 aromatic heterocycles. The highest BCUT2D eigenvalue weighted by Gasteiger charge is 1.98. The minimum Gasteiger partial charge on any atom is -0.306 e. The Morgan fingerprint density at radius 1 is 1.83 bits per heavy atom. The normalized spacial score (nSPS) is 12.8. The van der Waals surface area contributed by atoms with E-state index in [9.17, 15) is 0 Å².